The molecule has 0 spiro atoms. The van der Waals surface area contributed by atoms with E-state index in [0.717, 1.165) is 17.0 Å². The summed E-state index contributed by atoms with van der Waals surface area (Å²) in [4.78, 5) is 9.77. The standard InChI is InChI=1S/C13H16ClN5S/c1-13(2)5-9(13)10-4-11(14)17-12(16-10)18-20-8-6-15-19(3)7-8/h4,6-7,9H,5H2,1-3H3,(H,16,17,18). The monoisotopic (exact) mass is 309 g/mol. The molecule has 1 aliphatic rings. The Morgan fingerprint density at radius 1 is 1.45 bits per heavy atom. The zero-order valence-corrected chi connectivity index (χ0v) is 13.2. The van der Waals surface area contributed by atoms with Crippen LogP contribution < -0.4 is 4.72 Å². The third-order valence-electron chi connectivity index (χ3n) is 3.53. The summed E-state index contributed by atoms with van der Waals surface area (Å²) in [6.07, 6.45) is 4.86. The van der Waals surface area contributed by atoms with Gasteiger partial charge >= 0.3 is 0 Å². The summed E-state index contributed by atoms with van der Waals surface area (Å²) in [6, 6.07) is 1.86. The number of aryl methyl sites for hydroxylation is 1. The Morgan fingerprint density at radius 2 is 2.20 bits per heavy atom. The SMILES string of the molecule is Cn1cc(SNc2nc(Cl)cc(C3CC3(C)C)n2)cn1. The summed E-state index contributed by atoms with van der Waals surface area (Å²) in [5.74, 6) is 1.02. The molecule has 7 heteroatoms. The zero-order valence-electron chi connectivity index (χ0n) is 11.6. The van der Waals surface area contributed by atoms with Gasteiger partial charge in [0.1, 0.15) is 5.15 Å². The van der Waals surface area contributed by atoms with Crippen molar-refractivity contribution in [3.63, 3.8) is 0 Å². The largest absolute Gasteiger partial charge is 0.294 e. The molecule has 106 valence electrons. The van der Waals surface area contributed by atoms with Crippen LogP contribution in [-0.2, 0) is 7.05 Å². The van der Waals surface area contributed by atoms with Crippen LogP contribution in [-0.4, -0.2) is 19.7 Å². The van der Waals surface area contributed by atoms with Crippen LogP contribution in [0.1, 0.15) is 31.9 Å². The van der Waals surface area contributed by atoms with Crippen molar-refractivity contribution in [2.75, 3.05) is 4.72 Å². The second-order valence-electron chi connectivity index (χ2n) is 5.74. The van der Waals surface area contributed by atoms with Gasteiger partial charge in [0.15, 0.2) is 0 Å². The van der Waals surface area contributed by atoms with E-state index in [1.807, 2.05) is 19.3 Å². The molecule has 20 heavy (non-hydrogen) atoms. The number of halogens is 1. The Morgan fingerprint density at radius 3 is 2.80 bits per heavy atom. The minimum atomic E-state index is 0.325. The van der Waals surface area contributed by atoms with Gasteiger partial charge in [0.2, 0.25) is 5.95 Å². The molecule has 0 amide bonds. The number of nitrogens with one attached hydrogen (secondary N) is 1. The maximum atomic E-state index is 6.08. The summed E-state index contributed by atoms with van der Waals surface area (Å²) < 4.78 is 4.87. The van der Waals surface area contributed by atoms with Crippen LogP contribution in [0.3, 0.4) is 0 Å². The van der Waals surface area contributed by atoms with Crippen LogP contribution in [0.5, 0.6) is 0 Å². The molecule has 0 aromatic carbocycles. The fraction of sp³-hybridized carbons (Fsp3) is 0.462. The molecular formula is C13H16ClN5S. The molecular weight excluding hydrogens is 294 g/mol. The van der Waals surface area contributed by atoms with Crippen LogP contribution in [0.2, 0.25) is 5.15 Å². The Hall–Kier alpha value is -1.27. The zero-order chi connectivity index (χ0) is 14.3. The highest BCUT2D eigenvalue weighted by atomic mass is 35.5. The number of nitrogens with zero attached hydrogens (tertiary/aromatic N) is 4. The van der Waals surface area contributed by atoms with E-state index in [0.29, 0.717) is 22.4 Å². The van der Waals surface area contributed by atoms with Gasteiger partial charge in [-0.25, -0.2) is 9.97 Å². The second kappa shape index (κ2) is 4.93. The predicted octanol–water partition coefficient (Wildman–Crippen LogP) is 3.50. The van der Waals surface area contributed by atoms with E-state index in [1.165, 1.54) is 11.9 Å². The van der Waals surface area contributed by atoms with Crippen molar-refractivity contribution in [1.29, 1.82) is 0 Å². The minimum Gasteiger partial charge on any atom is -0.294 e. The lowest BCUT2D eigenvalue weighted by Gasteiger charge is -2.07. The van der Waals surface area contributed by atoms with Gasteiger partial charge in [0, 0.05) is 19.2 Å². The Bertz CT molecular complexity index is 639. The molecule has 2 aromatic heterocycles. The predicted molar refractivity (Wildman–Crippen MR) is 80.9 cm³/mol. The van der Waals surface area contributed by atoms with Crippen LogP contribution in [0, 0.1) is 5.41 Å². The Kier molecular flexibility index (Phi) is 3.38. The van der Waals surface area contributed by atoms with Gasteiger partial charge in [0.05, 0.1) is 16.8 Å². The average molecular weight is 310 g/mol. The first-order chi connectivity index (χ1) is 9.44. The normalized spacial score (nSPS) is 19.9. The third kappa shape index (κ3) is 2.91. The van der Waals surface area contributed by atoms with E-state index in [1.54, 1.807) is 10.9 Å². The molecule has 5 nitrogen and oxygen atoms in total. The average Bonchev–Trinajstić information content (AvgIpc) is 2.81. The highest BCUT2D eigenvalue weighted by Gasteiger charge is 2.47. The van der Waals surface area contributed by atoms with Gasteiger partial charge in [0.25, 0.3) is 0 Å². The van der Waals surface area contributed by atoms with Crippen LogP contribution in [0.15, 0.2) is 23.4 Å². The van der Waals surface area contributed by atoms with Crippen molar-refractivity contribution < 1.29 is 0 Å². The lowest BCUT2D eigenvalue weighted by Crippen LogP contribution is -2.00. The number of hydrogen-bond acceptors (Lipinski definition) is 5. The maximum absolute atomic E-state index is 6.08. The van der Waals surface area contributed by atoms with Crippen molar-refractivity contribution in [1.82, 2.24) is 19.7 Å². The van der Waals surface area contributed by atoms with Gasteiger partial charge in [-0.05, 0) is 29.9 Å². The van der Waals surface area contributed by atoms with Gasteiger partial charge in [-0.1, -0.05) is 25.4 Å². The molecule has 0 saturated heterocycles. The van der Waals surface area contributed by atoms with Gasteiger partial charge in [-0.3, -0.25) is 9.40 Å². The van der Waals surface area contributed by atoms with Crippen LogP contribution in [0.25, 0.3) is 0 Å². The summed E-state index contributed by atoms with van der Waals surface area (Å²) >= 11 is 7.51. The van der Waals surface area contributed by atoms with E-state index in [-0.39, 0.29) is 0 Å². The number of hydrogen-bond donors (Lipinski definition) is 1. The van der Waals surface area contributed by atoms with Crippen molar-refractivity contribution >= 4 is 29.5 Å². The number of anilines is 1. The molecule has 2 aromatic rings. The lowest BCUT2D eigenvalue weighted by atomic mass is 10.1. The summed E-state index contributed by atoms with van der Waals surface area (Å²) in [7, 11) is 1.88. The van der Waals surface area contributed by atoms with E-state index in [9.17, 15) is 0 Å². The van der Waals surface area contributed by atoms with E-state index < -0.39 is 0 Å². The Labute approximate surface area is 127 Å². The molecule has 1 atom stereocenters. The van der Waals surface area contributed by atoms with Crippen LogP contribution >= 0.6 is 23.5 Å². The minimum absolute atomic E-state index is 0.325. The molecule has 2 heterocycles. The van der Waals surface area contributed by atoms with Crippen molar-refractivity contribution in [2.45, 2.75) is 31.1 Å². The maximum Gasteiger partial charge on any atom is 0.234 e. The third-order valence-corrected chi connectivity index (χ3v) is 4.45. The molecule has 1 unspecified atom stereocenters. The first kappa shape index (κ1) is 13.7. The molecule has 1 fully saturated rings. The summed E-state index contributed by atoms with van der Waals surface area (Å²) in [5.41, 5.74) is 1.34. The van der Waals surface area contributed by atoms with E-state index in [4.69, 9.17) is 11.6 Å². The van der Waals surface area contributed by atoms with Gasteiger partial charge < -0.3 is 0 Å². The van der Waals surface area contributed by atoms with Gasteiger partial charge in [-0.2, -0.15) is 5.10 Å². The molecule has 1 aliphatic carbocycles. The van der Waals surface area contributed by atoms with Crippen molar-refractivity contribution in [3.8, 4) is 0 Å². The second-order valence-corrected chi connectivity index (χ2v) is 7.01. The fourth-order valence-electron chi connectivity index (χ4n) is 2.19. The van der Waals surface area contributed by atoms with E-state index in [2.05, 4.69) is 33.6 Å². The number of rotatable bonds is 4. The van der Waals surface area contributed by atoms with Gasteiger partial charge in [-0.15, -0.1) is 0 Å². The topological polar surface area (TPSA) is 55.6 Å². The highest BCUT2D eigenvalue weighted by molar-refractivity contribution is 8.00. The fourth-order valence-corrected chi connectivity index (χ4v) is 2.98. The smallest absolute Gasteiger partial charge is 0.234 e. The summed E-state index contributed by atoms with van der Waals surface area (Å²) in [6.45, 7) is 4.48. The van der Waals surface area contributed by atoms with Crippen molar-refractivity contribution in [3.05, 3.63) is 29.3 Å². The Balaban J connectivity index is 1.73. The molecule has 1 N–H and O–H groups in total. The van der Waals surface area contributed by atoms with Crippen molar-refractivity contribution in [2.24, 2.45) is 12.5 Å². The first-order valence-corrected chi connectivity index (χ1v) is 7.59. The number of aromatic nitrogens is 4. The molecule has 0 radical (unpaired) electrons. The molecule has 0 aliphatic heterocycles. The lowest BCUT2D eigenvalue weighted by molar-refractivity contribution is 0.616. The highest BCUT2D eigenvalue weighted by Crippen LogP contribution is 2.58. The molecule has 0 bridgehead atoms. The van der Waals surface area contributed by atoms with E-state index >= 15 is 0 Å². The molecule has 3 rings (SSSR count). The van der Waals surface area contributed by atoms with Crippen LogP contribution in [0.4, 0.5) is 5.95 Å². The first-order valence-electron chi connectivity index (χ1n) is 6.40. The quantitative estimate of drug-likeness (QED) is 0.692. The summed E-state index contributed by atoms with van der Waals surface area (Å²) in [5, 5.41) is 4.59. The molecule has 1 saturated carbocycles.